The number of aromatic nitrogens is 2. The molecule has 0 fully saturated rings. The van der Waals surface area contributed by atoms with Crippen LogP contribution in [0, 0.1) is 56.7 Å². The molecule has 0 aliphatic heterocycles. The van der Waals surface area contributed by atoms with Gasteiger partial charge in [-0.1, -0.05) is 60.7 Å². The third-order valence-electron chi connectivity index (χ3n) is 12.1. The van der Waals surface area contributed by atoms with E-state index >= 15 is 0 Å². The van der Waals surface area contributed by atoms with Crippen molar-refractivity contribution >= 4 is 43.6 Å². The Morgan fingerprint density at radius 3 is 1.16 bits per heavy atom. The molecule has 0 N–H and O–H groups in total. The first-order chi connectivity index (χ1) is 32.7. The fraction of sp³-hybridized carbons (Fsp3) is 0.0364. The lowest BCUT2D eigenvalue weighted by molar-refractivity contribution is -0.143. The van der Waals surface area contributed by atoms with Crippen LogP contribution in [0.4, 0.5) is 26.3 Å². The van der Waals surface area contributed by atoms with Crippen LogP contribution >= 0.6 is 0 Å². The molecule has 0 unspecified atom stereocenters. The summed E-state index contributed by atoms with van der Waals surface area (Å²) in [5.41, 5.74) is 1.98. The molecule has 0 saturated carbocycles. The summed E-state index contributed by atoms with van der Waals surface area (Å²) in [6.07, 6.45) is -10.4. The molecule has 0 aliphatic rings. The molecule has 8 aromatic carbocycles. The fourth-order valence-electron chi connectivity index (χ4n) is 9.14. The first kappa shape index (κ1) is 42.3. The summed E-state index contributed by atoms with van der Waals surface area (Å²) < 4.78 is 92.3. The molecule has 0 atom stereocenters. The van der Waals surface area contributed by atoms with Gasteiger partial charge in [0.25, 0.3) is 0 Å². The van der Waals surface area contributed by atoms with Crippen molar-refractivity contribution in [3.63, 3.8) is 0 Å². The normalized spacial score (nSPS) is 11.6. The Balaban J connectivity index is 1.34. The fourth-order valence-corrected chi connectivity index (χ4v) is 9.14. The lowest BCUT2D eigenvalue weighted by Gasteiger charge is -2.22. The van der Waals surface area contributed by atoms with Crippen LogP contribution < -0.4 is 0 Å². The summed E-state index contributed by atoms with van der Waals surface area (Å²) in [5, 5.41) is 52.4. The highest BCUT2D eigenvalue weighted by atomic mass is 19.4. The number of alkyl halides is 6. The second-order valence-corrected chi connectivity index (χ2v) is 15.9. The molecule has 10 aromatic rings. The third kappa shape index (κ3) is 6.90. The van der Waals surface area contributed by atoms with E-state index in [-0.39, 0.29) is 50.8 Å². The van der Waals surface area contributed by atoms with Crippen LogP contribution in [0.1, 0.15) is 38.9 Å². The minimum Gasteiger partial charge on any atom is -0.308 e. The molecular formula is C55H25F6N7. The van der Waals surface area contributed by atoms with Crippen LogP contribution in [0.2, 0.25) is 0 Å². The van der Waals surface area contributed by atoms with E-state index < -0.39 is 29.0 Å². The summed E-state index contributed by atoms with van der Waals surface area (Å²) in [6.45, 7) is 0. The maximum atomic E-state index is 14.8. The van der Waals surface area contributed by atoms with Crippen molar-refractivity contribution in [3.05, 3.63) is 191 Å². The number of fused-ring (bicyclic) bond motifs is 6. The van der Waals surface area contributed by atoms with Crippen LogP contribution in [-0.2, 0) is 12.4 Å². The zero-order valence-corrected chi connectivity index (χ0v) is 34.8. The first-order valence-corrected chi connectivity index (χ1v) is 20.6. The van der Waals surface area contributed by atoms with Crippen molar-refractivity contribution in [2.24, 2.45) is 0 Å². The largest absolute Gasteiger partial charge is 0.416 e. The second-order valence-electron chi connectivity index (χ2n) is 15.9. The topological polar surface area (TPSA) is 129 Å². The first-order valence-electron chi connectivity index (χ1n) is 20.6. The Bertz CT molecular complexity index is 3780. The highest BCUT2D eigenvalue weighted by molar-refractivity contribution is 6.13. The van der Waals surface area contributed by atoms with E-state index in [0.29, 0.717) is 78.0 Å². The molecule has 0 spiro atoms. The average molecular weight is 898 g/mol. The summed E-state index contributed by atoms with van der Waals surface area (Å²) >= 11 is 0. The Morgan fingerprint density at radius 1 is 0.353 bits per heavy atom. The van der Waals surface area contributed by atoms with Gasteiger partial charge in [-0.15, -0.1) is 0 Å². The molecule has 7 nitrogen and oxygen atoms in total. The molecule has 0 aliphatic carbocycles. The van der Waals surface area contributed by atoms with Crippen LogP contribution in [0.5, 0.6) is 0 Å². The molecule has 10 rings (SSSR count). The molecule has 0 bridgehead atoms. The minimum atomic E-state index is -5.20. The van der Waals surface area contributed by atoms with Gasteiger partial charge in [0.2, 0.25) is 0 Å². The van der Waals surface area contributed by atoms with Crippen molar-refractivity contribution < 1.29 is 26.3 Å². The Kier molecular flexibility index (Phi) is 9.85. The average Bonchev–Trinajstić information content (AvgIpc) is 3.86. The summed E-state index contributed by atoms with van der Waals surface area (Å²) in [7, 11) is 0. The number of rotatable bonds is 5. The van der Waals surface area contributed by atoms with Crippen molar-refractivity contribution in [3.8, 4) is 75.1 Å². The van der Waals surface area contributed by atoms with Crippen molar-refractivity contribution in [2.75, 3.05) is 0 Å². The number of benzene rings is 8. The lowest BCUT2D eigenvalue weighted by atomic mass is 9.94. The molecule has 0 radical (unpaired) electrons. The Morgan fingerprint density at radius 2 is 0.765 bits per heavy atom. The lowest BCUT2D eigenvalue weighted by Crippen LogP contribution is -2.12. The smallest absolute Gasteiger partial charge is 0.308 e. The van der Waals surface area contributed by atoms with Gasteiger partial charge >= 0.3 is 12.4 Å². The predicted octanol–water partition coefficient (Wildman–Crippen LogP) is 14.3. The summed E-state index contributed by atoms with van der Waals surface area (Å²) in [6, 6.07) is 49.1. The molecule has 2 aromatic heterocycles. The van der Waals surface area contributed by atoms with Gasteiger partial charge in [0, 0.05) is 27.1 Å². The van der Waals surface area contributed by atoms with Crippen LogP contribution in [-0.4, -0.2) is 9.13 Å². The number of para-hydroxylation sites is 2. The molecular weight excluding hydrogens is 873 g/mol. The molecule has 322 valence electrons. The van der Waals surface area contributed by atoms with Gasteiger partial charge in [0.05, 0.1) is 103 Å². The third-order valence-corrected chi connectivity index (χ3v) is 12.1. The van der Waals surface area contributed by atoms with Gasteiger partial charge in [-0.3, -0.25) is 0 Å². The van der Waals surface area contributed by atoms with Gasteiger partial charge in [0.1, 0.15) is 0 Å². The van der Waals surface area contributed by atoms with Crippen molar-refractivity contribution in [1.29, 1.82) is 26.3 Å². The zero-order valence-electron chi connectivity index (χ0n) is 34.8. The highest BCUT2D eigenvalue weighted by Crippen LogP contribution is 2.47. The maximum Gasteiger partial charge on any atom is 0.416 e. The molecule has 13 heteroatoms. The maximum absolute atomic E-state index is 14.8. The molecule has 2 heterocycles. The molecule has 0 saturated heterocycles. The van der Waals surface area contributed by atoms with E-state index in [2.05, 4.69) is 18.2 Å². The minimum absolute atomic E-state index is 0.0411. The zero-order chi connectivity index (χ0) is 47.6. The van der Waals surface area contributed by atoms with Crippen LogP contribution in [0.25, 0.3) is 88.4 Å². The van der Waals surface area contributed by atoms with Crippen molar-refractivity contribution in [1.82, 2.24) is 9.13 Å². The van der Waals surface area contributed by atoms with E-state index in [0.717, 1.165) is 0 Å². The number of halogens is 6. The SMILES string of the molecule is N#Cc1ccc(-c2ccc3c(c2)c2ccccc2n3-c2cc(C#N)cc(-n3c4ccccc4c4cc(-c5ccc(C#N)cc5C#N)ccc43)c2-c2cc(C(F)(F)F)cc(C(F)(F)F)c2)c(C#N)c1. The molecule has 0 amide bonds. The summed E-state index contributed by atoms with van der Waals surface area (Å²) in [5.74, 6) is 0. The standard InChI is InChI=1S/C55H25F6N7/c56-54(57,58)39-21-36(22-40(25-39)55(59,60)61)53-51(67-47-7-3-1-5-43(47)45-23-34(11-15-49(45)67)41-13-9-31(26-62)17-37(41)29-65)19-33(28-64)20-52(53)68-48-8-4-2-6-44(48)46-24-35(12-16-50(46)68)42-14-10-32(27-63)18-38(42)30-66/h1-25H. The Labute approximate surface area is 382 Å². The highest BCUT2D eigenvalue weighted by Gasteiger charge is 2.38. The van der Waals surface area contributed by atoms with Gasteiger partial charge in [0.15, 0.2) is 0 Å². The van der Waals surface area contributed by atoms with Gasteiger partial charge in [-0.25, -0.2) is 0 Å². The van der Waals surface area contributed by atoms with Gasteiger partial charge < -0.3 is 9.13 Å². The quantitative estimate of drug-likeness (QED) is 0.159. The van der Waals surface area contributed by atoms with Gasteiger partial charge in [-0.2, -0.15) is 52.7 Å². The summed E-state index contributed by atoms with van der Waals surface area (Å²) in [4.78, 5) is 0. The number of nitriles is 5. The molecule has 68 heavy (non-hydrogen) atoms. The number of hydrogen-bond acceptors (Lipinski definition) is 5. The monoisotopic (exact) mass is 897 g/mol. The van der Waals surface area contributed by atoms with Crippen molar-refractivity contribution in [2.45, 2.75) is 12.4 Å². The van der Waals surface area contributed by atoms with E-state index in [4.69, 9.17) is 0 Å². The Hall–Kier alpha value is -9.61. The predicted molar refractivity (Wildman–Crippen MR) is 245 cm³/mol. The van der Waals surface area contributed by atoms with Gasteiger partial charge in [-0.05, 0) is 119 Å². The number of nitrogens with zero attached hydrogens (tertiary/aromatic N) is 7. The van der Waals surface area contributed by atoms with Crippen LogP contribution in [0.3, 0.4) is 0 Å². The second kappa shape index (κ2) is 15.8. The number of hydrogen-bond donors (Lipinski definition) is 0. The van der Waals surface area contributed by atoms with E-state index in [1.54, 1.807) is 94.1 Å². The van der Waals surface area contributed by atoms with E-state index in [1.165, 1.54) is 24.3 Å². The van der Waals surface area contributed by atoms with Crippen LogP contribution in [0.15, 0.2) is 152 Å². The van der Waals surface area contributed by atoms with E-state index in [9.17, 15) is 52.7 Å². The van der Waals surface area contributed by atoms with E-state index in [1.807, 2.05) is 36.4 Å².